The van der Waals surface area contributed by atoms with Crippen molar-refractivity contribution in [2.45, 2.75) is 20.3 Å². The van der Waals surface area contributed by atoms with Crippen LogP contribution < -0.4 is 0 Å². The molecule has 2 heterocycles. The fraction of sp³-hybridized carbons (Fsp3) is 0.400. The Morgan fingerprint density at radius 2 is 1.84 bits per heavy atom. The Morgan fingerprint density at radius 3 is 2.48 bits per heavy atom. The Morgan fingerprint density at radius 1 is 1.08 bits per heavy atom. The first-order chi connectivity index (χ1) is 12.0. The van der Waals surface area contributed by atoms with Crippen LogP contribution in [0.25, 0.3) is 0 Å². The summed E-state index contributed by atoms with van der Waals surface area (Å²) >= 11 is 1.62. The molecule has 25 heavy (non-hydrogen) atoms. The predicted octanol–water partition coefficient (Wildman–Crippen LogP) is 2.93. The fourth-order valence-corrected chi connectivity index (χ4v) is 3.94. The summed E-state index contributed by atoms with van der Waals surface area (Å²) in [5.41, 5.74) is 3.02. The second-order valence-electron chi connectivity index (χ2n) is 6.65. The van der Waals surface area contributed by atoms with E-state index in [1.165, 1.54) is 5.56 Å². The van der Waals surface area contributed by atoms with Gasteiger partial charge in [-0.2, -0.15) is 0 Å². The summed E-state index contributed by atoms with van der Waals surface area (Å²) in [6.07, 6.45) is 0.485. The number of nitrogens with zero attached hydrogens (tertiary/aromatic N) is 2. The topological polar surface area (TPSA) is 40.6 Å². The number of thiophene rings is 1. The van der Waals surface area contributed by atoms with Gasteiger partial charge in [-0.3, -0.25) is 14.5 Å². The van der Waals surface area contributed by atoms with Crippen LogP contribution in [0.5, 0.6) is 0 Å². The molecule has 132 valence electrons. The summed E-state index contributed by atoms with van der Waals surface area (Å²) in [6, 6.07) is 9.94. The van der Waals surface area contributed by atoms with Crippen molar-refractivity contribution < 1.29 is 9.59 Å². The quantitative estimate of drug-likeness (QED) is 0.774. The zero-order chi connectivity index (χ0) is 17.8. The van der Waals surface area contributed by atoms with Crippen LogP contribution in [0.15, 0.2) is 35.7 Å². The van der Waals surface area contributed by atoms with Gasteiger partial charge in [-0.15, -0.1) is 11.3 Å². The molecule has 1 aliphatic rings. The van der Waals surface area contributed by atoms with Gasteiger partial charge in [0, 0.05) is 36.6 Å². The number of ketones is 1. The molecule has 0 atom stereocenters. The molecule has 0 radical (unpaired) electrons. The van der Waals surface area contributed by atoms with Crippen LogP contribution in [0.3, 0.4) is 0 Å². The molecule has 1 aliphatic heterocycles. The summed E-state index contributed by atoms with van der Waals surface area (Å²) in [7, 11) is 0. The van der Waals surface area contributed by atoms with Crippen molar-refractivity contribution in [1.82, 2.24) is 9.80 Å². The van der Waals surface area contributed by atoms with E-state index in [0.29, 0.717) is 26.1 Å². The Balaban J connectivity index is 1.50. The first-order valence-corrected chi connectivity index (χ1v) is 9.54. The highest BCUT2D eigenvalue weighted by atomic mass is 32.1. The molecule has 1 amide bonds. The molecule has 1 aromatic heterocycles. The summed E-state index contributed by atoms with van der Waals surface area (Å²) in [6.45, 7) is 7.36. The van der Waals surface area contributed by atoms with Gasteiger partial charge in [0.05, 0.1) is 13.0 Å². The highest BCUT2D eigenvalue weighted by molar-refractivity contribution is 7.10. The Bertz CT molecular complexity index is 747. The molecule has 0 bridgehead atoms. The summed E-state index contributed by atoms with van der Waals surface area (Å²) in [4.78, 5) is 30.1. The van der Waals surface area contributed by atoms with Crippen LogP contribution in [0, 0.1) is 13.8 Å². The maximum absolute atomic E-state index is 12.6. The number of carbonyl (C=O) groups is 2. The van der Waals surface area contributed by atoms with Gasteiger partial charge in [-0.25, -0.2) is 0 Å². The zero-order valence-electron chi connectivity index (χ0n) is 14.8. The maximum Gasteiger partial charge on any atom is 0.227 e. The number of rotatable bonds is 5. The molecule has 0 spiro atoms. The molecule has 1 aromatic carbocycles. The van der Waals surface area contributed by atoms with Crippen LogP contribution in [0.2, 0.25) is 0 Å². The van der Waals surface area contributed by atoms with Crippen LogP contribution in [-0.2, 0) is 11.2 Å². The van der Waals surface area contributed by atoms with Crippen LogP contribution in [0.4, 0.5) is 0 Å². The first kappa shape index (κ1) is 17.8. The van der Waals surface area contributed by atoms with Gasteiger partial charge in [0.1, 0.15) is 0 Å². The number of piperazine rings is 1. The molecule has 1 fully saturated rings. The number of amides is 1. The van der Waals surface area contributed by atoms with Crippen molar-refractivity contribution >= 4 is 23.0 Å². The van der Waals surface area contributed by atoms with Gasteiger partial charge < -0.3 is 4.90 Å². The van der Waals surface area contributed by atoms with E-state index in [0.717, 1.165) is 29.1 Å². The molecule has 3 rings (SSSR count). The summed E-state index contributed by atoms with van der Waals surface area (Å²) < 4.78 is 0. The lowest BCUT2D eigenvalue weighted by molar-refractivity contribution is -0.132. The van der Waals surface area contributed by atoms with Gasteiger partial charge >= 0.3 is 0 Å². The van der Waals surface area contributed by atoms with E-state index in [1.54, 1.807) is 11.3 Å². The third-order valence-corrected chi connectivity index (χ3v) is 5.56. The molecule has 0 saturated carbocycles. The van der Waals surface area contributed by atoms with E-state index < -0.39 is 0 Å². The van der Waals surface area contributed by atoms with E-state index in [-0.39, 0.29) is 11.7 Å². The Labute approximate surface area is 153 Å². The van der Waals surface area contributed by atoms with Crippen molar-refractivity contribution in [3.8, 4) is 0 Å². The zero-order valence-corrected chi connectivity index (χ0v) is 15.6. The van der Waals surface area contributed by atoms with Gasteiger partial charge in [-0.1, -0.05) is 29.8 Å². The van der Waals surface area contributed by atoms with Crippen LogP contribution in [0.1, 0.15) is 26.4 Å². The summed E-state index contributed by atoms with van der Waals surface area (Å²) in [5.74, 6) is 0.346. The summed E-state index contributed by atoms with van der Waals surface area (Å²) in [5, 5.41) is 2.00. The van der Waals surface area contributed by atoms with Crippen molar-refractivity contribution in [1.29, 1.82) is 0 Å². The molecule has 5 heteroatoms. The van der Waals surface area contributed by atoms with Crippen molar-refractivity contribution in [2.24, 2.45) is 0 Å². The van der Waals surface area contributed by atoms with E-state index in [2.05, 4.69) is 11.0 Å². The first-order valence-electron chi connectivity index (χ1n) is 8.66. The number of carbonyl (C=O) groups excluding carboxylic acids is 2. The Hall–Kier alpha value is -1.98. The van der Waals surface area contributed by atoms with Gasteiger partial charge in [0.15, 0.2) is 5.78 Å². The minimum Gasteiger partial charge on any atom is -0.340 e. The number of hydrogen-bond acceptors (Lipinski definition) is 4. The lowest BCUT2D eigenvalue weighted by Gasteiger charge is -2.34. The number of benzene rings is 1. The number of Topliss-reactive ketones (excluding diaryl/α,β-unsaturated/α-hetero) is 1. The molecule has 0 unspecified atom stereocenters. The average Bonchev–Trinajstić information content (AvgIpc) is 3.08. The van der Waals surface area contributed by atoms with Gasteiger partial charge in [0.25, 0.3) is 0 Å². The minimum atomic E-state index is 0.163. The monoisotopic (exact) mass is 356 g/mol. The molecule has 1 saturated heterocycles. The lowest BCUT2D eigenvalue weighted by atomic mass is 10.0. The highest BCUT2D eigenvalue weighted by Gasteiger charge is 2.23. The van der Waals surface area contributed by atoms with Crippen LogP contribution >= 0.6 is 11.3 Å². The SMILES string of the molecule is Cc1ccc(C(=O)CN2CCN(C(=O)Cc3cccs3)CC2)c(C)c1. The molecule has 2 aromatic rings. The van der Waals surface area contributed by atoms with Crippen molar-refractivity contribution in [3.63, 3.8) is 0 Å². The third-order valence-electron chi connectivity index (χ3n) is 4.68. The molecule has 0 aliphatic carbocycles. The van der Waals surface area contributed by atoms with E-state index in [1.807, 2.05) is 48.4 Å². The molecule has 0 N–H and O–H groups in total. The second-order valence-corrected chi connectivity index (χ2v) is 7.69. The van der Waals surface area contributed by atoms with E-state index in [9.17, 15) is 9.59 Å². The average molecular weight is 356 g/mol. The lowest BCUT2D eigenvalue weighted by Crippen LogP contribution is -2.50. The second kappa shape index (κ2) is 7.93. The maximum atomic E-state index is 12.6. The number of aryl methyl sites for hydroxylation is 2. The molecule has 4 nitrogen and oxygen atoms in total. The molecular weight excluding hydrogens is 332 g/mol. The smallest absolute Gasteiger partial charge is 0.227 e. The Kier molecular flexibility index (Phi) is 5.66. The standard InChI is InChI=1S/C20H24N2O2S/c1-15-5-6-18(16(2)12-15)19(23)14-21-7-9-22(10-8-21)20(24)13-17-4-3-11-25-17/h3-6,11-12H,7-10,13-14H2,1-2H3. The van der Waals surface area contributed by atoms with Gasteiger partial charge in [-0.05, 0) is 30.9 Å². The normalized spacial score (nSPS) is 15.4. The van der Waals surface area contributed by atoms with E-state index in [4.69, 9.17) is 0 Å². The van der Waals surface area contributed by atoms with Crippen LogP contribution in [-0.4, -0.2) is 54.2 Å². The minimum absolute atomic E-state index is 0.163. The van der Waals surface area contributed by atoms with Gasteiger partial charge in [0.2, 0.25) is 5.91 Å². The largest absolute Gasteiger partial charge is 0.340 e. The number of hydrogen-bond donors (Lipinski definition) is 0. The fourth-order valence-electron chi connectivity index (χ4n) is 3.24. The van der Waals surface area contributed by atoms with Crippen molar-refractivity contribution in [3.05, 3.63) is 57.3 Å². The third kappa shape index (κ3) is 4.55. The molecular formula is C20H24N2O2S. The van der Waals surface area contributed by atoms with Crippen molar-refractivity contribution in [2.75, 3.05) is 32.7 Å². The van der Waals surface area contributed by atoms with E-state index >= 15 is 0 Å². The predicted molar refractivity (Wildman–Crippen MR) is 101 cm³/mol. The highest BCUT2D eigenvalue weighted by Crippen LogP contribution is 2.14.